The minimum atomic E-state index is -0.302. The van der Waals surface area contributed by atoms with Gasteiger partial charge in [0.1, 0.15) is 23.5 Å². The van der Waals surface area contributed by atoms with Gasteiger partial charge >= 0.3 is 0 Å². The minimum Gasteiger partial charge on any atom is -0.339 e. The summed E-state index contributed by atoms with van der Waals surface area (Å²) in [6.45, 7) is 1.99. The molecule has 0 saturated heterocycles. The van der Waals surface area contributed by atoms with Gasteiger partial charge < -0.3 is 4.90 Å². The molecule has 2 aromatic carbocycles. The largest absolute Gasteiger partial charge is 0.339 e. The van der Waals surface area contributed by atoms with Crippen LogP contribution in [0.4, 0.5) is 4.39 Å². The lowest BCUT2D eigenvalue weighted by Crippen LogP contribution is -2.31. The van der Waals surface area contributed by atoms with Gasteiger partial charge in [-0.3, -0.25) is 4.79 Å². The Bertz CT molecular complexity index is 1140. The van der Waals surface area contributed by atoms with Crippen molar-refractivity contribution in [2.24, 2.45) is 0 Å². The first-order valence-corrected chi connectivity index (χ1v) is 10.3. The lowest BCUT2D eigenvalue weighted by atomic mass is 10.1. The molecule has 4 rings (SSSR count). The maximum absolute atomic E-state index is 13.4. The number of halogens is 1. The molecule has 1 atom stereocenters. The van der Waals surface area contributed by atoms with Crippen molar-refractivity contribution in [2.45, 2.75) is 19.4 Å². The Morgan fingerprint density at radius 2 is 2.03 bits per heavy atom. The van der Waals surface area contributed by atoms with Gasteiger partial charge in [0.25, 0.3) is 0 Å². The Balaban J connectivity index is 1.42. The number of amides is 1. The molecule has 0 aliphatic rings. The number of carbonyl (C=O) groups is 1. The van der Waals surface area contributed by atoms with E-state index >= 15 is 0 Å². The maximum Gasteiger partial charge on any atom is 0.228 e. The van der Waals surface area contributed by atoms with Gasteiger partial charge in [-0.1, -0.05) is 24.3 Å². The van der Waals surface area contributed by atoms with E-state index in [1.807, 2.05) is 42.6 Å². The number of hydrogen-bond donors (Lipinski definition) is 0. The van der Waals surface area contributed by atoms with Crippen molar-refractivity contribution in [3.63, 3.8) is 0 Å². The summed E-state index contributed by atoms with van der Waals surface area (Å²) < 4.78 is 15.1. The van der Waals surface area contributed by atoms with E-state index in [2.05, 4.69) is 15.1 Å². The summed E-state index contributed by atoms with van der Waals surface area (Å²) in [7, 11) is 1.79. The topological polar surface area (TPSA) is 63.9 Å². The van der Waals surface area contributed by atoms with E-state index in [1.165, 1.54) is 29.8 Å². The number of aromatic nitrogens is 4. The first kappa shape index (κ1) is 19.9. The van der Waals surface area contributed by atoms with Gasteiger partial charge in [-0.25, -0.2) is 19.0 Å². The highest BCUT2D eigenvalue weighted by Gasteiger charge is 2.19. The summed E-state index contributed by atoms with van der Waals surface area (Å²) in [6, 6.07) is 14.1. The van der Waals surface area contributed by atoms with E-state index in [9.17, 15) is 9.18 Å². The van der Waals surface area contributed by atoms with Crippen LogP contribution >= 0.6 is 11.3 Å². The second-order valence-electron chi connectivity index (χ2n) is 6.94. The lowest BCUT2D eigenvalue weighted by molar-refractivity contribution is -0.131. The van der Waals surface area contributed by atoms with E-state index in [1.54, 1.807) is 29.0 Å². The zero-order valence-corrected chi connectivity index (χ0v) is 17.4. The monoisotopic (exact) mass is 421 g/mol. The third kappa shape index (κ3) is 4.28. The lowest BCUT2D eigenvalue weighted by Gasteiger charge is -2.25. The molecule has 0 fully saturated rings. The normalized spacial score (nSPS) is 12.0. The molecule has 30 heavy (non-hydrogen) atoms. The molecule has 2 heterocycles. The number of benzene rings is 2. The van der Waals surface area contributed by atoms with Gasteiger partial charge in [-0.05, 0) is 36.8 Å². The van der Waals surface area contributed by atoms with Gasteiger partial charge in [0.05, 0.1) is 23.8 Å². The smallest absolute Gasteiger partial charge is 0.228 e. The number of thiazole rings is 1. The molecule has 0 saturated carbocycles. The third-order valence-corrected chi connectivity index (χ3v) is 5.93. The molecule has 0 unspecified atom stereocenters. The van der Waals surface area contributed by atoms with Crippen LogP contribution in [-0.2, 0) is 11.2 Å². The Morgan fingerprint density at radius 3 is 2.73 bits per heavy atom. The number of likely N-dealkylation sites (N-methyl/N-ethyl adjacent to an activating group) is 1. The van der Waals surface area contributed by atoms with Crippen LogP contribution in [0.1, 0.15) is 24.2 Å². The van der Waals surface area contributed by atoms with Crippen LogP contribution in [-0.4, -0.2) is 37.6 Å². The zero-order valence-electron chi connectivity index (χ0n) is 16.6. The van der Waals surface area contributed by atoms with Crippen LogP contribution < -0.4 is 0 Å². The van der Waals surface area contributed by atoms with E-state index in [0.29, 0.717) is 16.3 Å². The van der Waals surface area contributed by atoms with E-state index in [-0.39, 0.29) is 24.2 Å². The van der Waals surface area contributed by atoms with E-state index < -0.39 is 0 Å². The predicted octanol–water partition coefficient (Wildman–Crippen LogP) is 4.29. The third-order valence-electron chi connectivity index (χ3n) is 4.99. The molecule has 1 amide bonds. The fourth-order valence-electron chi connectivity index (χ4n) is 3.11. The Kier molecular flexibility index (Phi) is 5.67. The number of hydrogen-bond acceptors (Lipinski definition) is 5. The van der Waals surface area contributed by atoms with Gasteiger partial charge in [0.2, 0.25) is 5.91 Å². The summed E-state index contributed by atoms with van der Waals surface area (Å²) in [5, 5.41) is 6.67. The van der Waals surface area contributed by atoms with Crippen molar-refractivity contribution in [1.29, 1.82) is 0 Å². The molecule has 0 spiro atoms. The van der Waals surface area contributed by atoms with Gasteiger partial charge in [0, 0.05) is 18.0 Å². The number of carbonyl (C=O) groups excluding carboxylic acids is 1. The molecule has 8 heteroatoms. The summed E-state index contributed by atoms with van der Waals surface area (Å²) in [5.74, 6) is -0.331. The highest BCUT2D eigenvalue weighted by atomic mass is 32.1. The molecule has 0 N–H and O–H groups in total. The molecule has 0 aliphatic heterocycles. The van der Waals surface area contributed by atoms with Crippen molar-refractivity contribution in [1.82, 2.24) is 24.6 Å². The van der Waals surface area contributed by atoms with E-state index in [4.69, 9.17) is 0 Å². The van der Waals surface area contributed by atoms with Crippen molar-refractivity contribution in [2.75, 3.05) is 7.05 Å². The molecule has 0 bridgehead atoms. The summed E-state index contributed by atoms with van der Waals surface area (Å²) in [6.07, 6.45) is 3.32. The van der Waals surface area contributed by atoms with Crippen LogP contribution in [0.2, 0.25) is 0 Å². The van der Waals surface area contributed by atoms with Crippen LogP contribution in [0.3, 0.4) is 0 Å². The molecular formula is C22H20FN5OS. The van der Waals surface area contributed by atoms with Crippen molar-refractivity contribution in [3.8, 4) is 16.3 Å². The predicted molar refractivity (Wildman–Crippen MR) is 114 cm³/mol. The Morgan fingerprint density at radius 1 is 1.23 bits per heavy atom. The first-order chi connectivity index (χ1) is 14.5. The van der Waals surface area contributed by atoms with Crippen molar-refractivity contribution in [3.05, 3.63) is 83.6 Å². The second-order valence-corrected chi connectivity index (χ2v) is 7.80. The Labute approximate surface area is 177 Å². The molecule has 2 aromatic heterocycles. The van der Waals surface area contributed by atoms with Gasteiger partial charge in [-0.15, -0.1) is 11.3 Å². The standard InChI is InChI=1S/C22H20FN5OS/c1-15(16-6-8-20(9-7-16)28-14-24-13-25-28)27(2)21(29)11-19-12-30-22(26-19)17-4-3-5-18(23)10-17/h3-10,12-15H,11H2,1-2H3/t15-/m0/s1. The quantitative estimate of drug-likeness (QED) is 0.466. The zero-order chi connectivity index (χ0) is 21.1. The highest BCUT2D eigenvalue weighted by molar-refractivity contribution is 7.13. The van der Waals surface area contributed by atoms with Crippen LogP contribution in [0, 0.1) is 5.82 Å². The van der Waals surface area contributed by atoms with Gasteiger partial charge in [0.15, 0.2) is 0 Å². The van der Waals surface area contributed by atoms with Crippen LogP contribution in [0.25, 0.3) is 16.3 Å². The molecule has 6 nitrogen and oxygen atoms in total. The van der Waals surface area contributed by atoms with Crippen LogP contribution in [0.5, 0.6) is 0 Å². The summed E-state index contributed by atoms with van der Waals surface area (Å²) in [5.41, 5.74) is 3.33. The molecule has 4 aromatic rings. The Hall–Kier alpha value is -3.39. The fourth-order valence-corrected chi connectivity index (χ4v) is 3.93. The highest BCUT2D eigenvalue weighted by Crippen LogP contribution is 2.26. The first-order valence-electron chi connectivity index (χ1n) is 9.42. The molecule has 0 aliphatic carbocycles. The van der Waals surface area contributed by atoms with Crippen LogP contribution in [0.15, 0.2) is 66.6 Å². The number of rotatable bonds is 6. The molecular weight excluding hydrogens is 401 g/mol. The minimum absolute atomic E-state index is 0.0288. The molecule has 0 radical (unpaired) electrons. The fraction of sp³-hybridized carbons (Fsp3) is 0.182. The average molecular weight is 422 g/mol. The van der Waals surface area contributed by atoms with E-state index in [0.717, 1.165) is 11.3 Å². The van der Waals surface area contributed by atoms with Crippen molar-refractivity contribution >= 4 is 17.2 Å². The average Bonchev–Trinajstić information content (AvgIpc) is 3.45. The maximum atomic E-state index is 13.4. The molecule has 152 valence electrons. The summed E-state index contributed by atoms with van der Waals surface area (Å²) >= 11 is 1.41. The SMILES string of the molecule is C[C@@H](c1ccc(-n2cncn2)cc1)N(C)C(=O)Cc1csc(-c2cccc(F)c2)n1. The number of nitrogens with zero attached hydrogens (tertiary/aromatic N) is 5. The van der Waals surface area contributed by atoms with Crippen molar-refractivity contribution < 1.29 is 9.18 Å². The summed E-state index contributed by atoms with van der Waals surface area (Å²) in [4.78, 5) is 23.0. The van der Waals surface area contributed by atoms with Gasteiger partial charge in [-0.2, -0.15) is 5.10 Å². The second kappa shape index (κ2) is 8.54.